The molecule has 0 unspecified atom stereocenters. The zero-order valence-electron chi connectivity index (χ0n) is 10.6. The van der Waals surface area contributed by atoms with E-state index in [0.29, 0.717) is 5.69 Å². The molecule has 0 aliphatic rings. The minimum Gasteiger partial charge on any atom is -0.397 e. The molecule has 8 heteroatoms. The molecule has 2 heterocycles. The van der Waals surface area contributed by atoms with Crippen LogP contribution in [0.4, 0.5) is 11.4 Å². The second kappa shape index (κ2) is 5.25. The minimum absolute atomic E-state index is 0.0622. The number of nitrogen functional groups attached to an aromatic ring is 1. The van der Waals surface area contributed by atoms with E-state index in [9.17, 15) is 13.2 Å². The van der Waals surface area contributed by atoms with Crippen molar-refractivity contribution in [2.75, 3.05) is 17.3 Å². The first-order chi connectivity index (χ1) is 9.38. The largest absolute Gasteiger partial charge is 0.397 e. The van der Waals surface area contributed by atoms with Crippen molar-refractivity contribution in [2.45, 2.75) is 5.03 Å². The van der Waals surface area contributed by atoms with Crippen molar-refractivity contribution in [3.05, 3.63) is 42.4 Å². The molecule has 1 amide bonds. The second-order valence-electron chi connectivity index (χ2n) is 4.05. The predicted molar refractivity (Wildman–Crippen MR) is 73.9 cm³/mol. The molecule has 0 bridgehead atoms. The summed E-state index contributed by atoms with van der Waals surface area (Å²) in [6.07, 6.45) is 3.77. The topological polar surface area (TPSA) is 115 Å². The quantitative estimate of drug-likeness (QED) is 0.861. The van der Waals surface area contributed by atoms with Gasteiger partial charge < -0.3 is 11.1 Å². The standard InChI is InChI=1S/C12H12N4O3S/c1-20(18,19)10-5-4-8(7-15-10)16-12(17)11-9(13)3-2-6-14-11/h2-7H,13H2,1H3,(H,16,17). The van der Waals surface area contributed by atoms with Gasteiger partial charge in [0.15, 0.2) is 20.6 Å². The van der Waals surface area contributed by atoms with Gasteiger partial charge in [-0.2, -0.15) is 0 Å². The Hall–Kier alpha value is -2.48. The van der Waals surface area contributed by atoms with E-state index in [-0.39, 0.29) is 16.4 Å². The summed E-state index contributed by atoms with van der Waals surface area (Å²) in [5.74, 6) is -0.489. The van der Waals surface area contributed by atoms with Crippen LogP contribution in [0.5, 0.6) is 0 Å². The molecule has 20 heavy (non-hydrogen) atoms. The van der Waals surface area contributed by atoms with Crippen LogP contribution in [0.3, 0.4) is 0 Å². The van der Waals surface area contributed by atoms with Gasteiger partial charge in [-0.15, -0.1) is 0 Å². The number of sulfone groups is 1. The fourth-order valence-corrected chi connectivity index (χ4v) is 2.03. The Kier molecular flexibility index (Phi) is 3.66. The molecule has 0 saturated carbocycles. The number of nitrogens with two attached hydrogens (primary N) is 1. The van der Waals surface area contributed by atoms with Gasteiger partial charge in [-0.3, -0.25) is 4.79 Å². The lowest BCUT2D eigenvalue weighted by atomic mass is 10.3. The first kappa shape index (κ1) is 13.9. The Morgan fingerprint density at radius 3 is 2.55 bits per heavy atom. The lowest BCUT2D eigenvalue weighted by molar-refractivity contribution is 0.102. The molecule has 3 N–H and O–H groups in total. The number of anilines is 2. The fourth-order valence-electron chi connectivity index (χ4n) is 1.47. The highest BCUT2D eigenvalue weighted by Crippen LogP contribution is 2.13. The van der Waals surface area contributed by atoms with Crippen molar-refractivity contribution in [1.82, 2.24) is 9.97 Å². The number of rotatable bonds is 3. The molecule has 0 aliphatic heterocycles. The van der Waals surface area contributed by atoms with Gasteiger partial charge in [0.1, 0.15) is 0 Å². The second-order valence-corrected chi connectivity index (χ2v) is 6.02. The van der Waals surface area contributed by atoms with Gasteiger partial charge in [0, 0.05) is 12.5 Å². The van der Waals surface area contributed by atoms with Crippen LogP contribution in [0.15, 0.2) is 41.7 Å². The lowest BCUT2D eigenvalue weighted by Gasteiger charge is -2.06. The van der Waals surface area contributed by atoms with E-state index in [1.54, 1.807) is 12.1 Å². The first-order valence-corrected chi connectivity index (χ1v) is 7.45. The zero-order chi connectivity index (χ0) is 14.8. The Labute approximate surface area is 115 Å². The Morgan fingerprint density at radius 1 is 1.25 bits per heavy atom. The van der Waals surface area contributed by atoms with Gasteiger partial charge in [-0.05, 0) is 24.3 Å². The third-order valence-corrected chi connectivity index (χ3v) is 3.43. The number of aromatic nitrogens is 2. The van der Waals surface area contributed by atoms with Crippen LogP contribution in [-0.2, 0) is 9.84 Å². The van der Waals surface area contributed by atoms with Crippen molar-refractivity contribution in [1.29, 1.82) is 0 Å². The van der Waals surface area contributed by atoms with Crippen molar-refractivity contribution in [3.8, 4) is 0 Å². The normalized spacial score (nSPS) is 11.1. The number of nitrogens with one attached hydrogen (secondary N) is 1. The lowest BCUT2D eigenvalue weighted by Crippen LogP contribution is -2.16. The summed E-state index contributed by atoms with van der Waals surface area (Å²) in [6, 6.07) is 5.94. The molecular formula is C12H12N4O3S. The van der Waals surface area contributed by atoms with Crippen LogP contribution in [0.2, 0.25) is 0 Å². The van der Waals surface area contributed by atoms with Gasteiger partial charge in [0.25, 0.3) is 5.91 Å². The molecule has 0 aromatic carbocycles. The maximum absolute atomic E-state index is 11.9. The molecule has 2 aromatic rings. The van der Waals surface area contributed by atoms with Crippen molar-refractivity contribution < 1.29 is 13.2 Å². The summed E-state index contributed by atoms with van der Waals surface area (Å²) in [6.45, 7) is 0. The molecule has 2 rings (SSSR count). The number of hydrogen-bond donors (Lipinski definition) is 2. The first-order valence-electron chi connectivity index (χ1n) is 5.56. The van der Waals surface area contributed by atoms with Crippen molar-refractivity contribution >= 4 is 27.1 Å². The number of hydrogen-bond acceptors (Lipinski definition) is 6. The van der Waals surface area contributed by atoms with Crippen LogP contribution in [0, 0.1) is 0 Å². The van der Waals surface area contributed by atoms with Gasteiger partial charge >= 0.3 is 0 Å². The summed E-state index contributed by atoms with van der Waals surface area (Å²) < 4.78 is 22.5. The summed E-state index contributed by atoms with van der Waals surface area (Å²) in [7, 11) is -3.36. The van der Waals surface area contributed by atoms with E-state index in [4.69, 9.17) is 5.73 Å². The van der Waals surface area contributed by atoms with E-state index in [1.165, 1.54) is 24.5 Å². The monoisotopic (exact) mass is 292 g/mol. The summed E-state index contributed by atoms with van der Waals surface area (Å²) in [5.41, 5.74) is 6.34. The molecule has 0 aliphatic carbocycles. The number of nitrogens with zero attached hydrogens (tertiary/aromatic N) is 2. The van der Waals surface area contributed by atoms with Crippen LogP contribution < -0.4 is 11.1 Å². The highest BCUT2D eigenvalue weighted by molar-refractivity contribution is 7.90. The molecule has 0 saturated heterocycles. The highest BCUT2D eigenvalue weighted by Gasteiger charge is 2.12. The maximum Gasteiger partial charge on any atom is 0.276 e. The van der Waals surface area contributed by atoms with E-state index in [0.717, 1.165) is 6.26 Å². The minimum atomic E-state index is -3.36. The molecular weight excluding hydrogens is 280 g/mol. The fraction of sp³-hybridized carbons (Fsp3) is 0.0833. The number of amides is 1. The van der Waals surface area contributed by atoms with Crippen molar-refractivity contribution in [2.24, 2.45) is 0 Å². The molecule has 0 atom stereocenters. The average molecular weight is 292 g/mol. The number of pyridine rings is 2. The van der Waals surface area contributed by atoms with E-state index in [1.807, 2.05) is 0 Å². The van der Waals surface area contributed by atoms with Gasteiger partial charge in [0.2, 0.25) is 0 Å². The molecule has 0 fully saturated rings. The summed E-state index contributed by atoms with van der Waals surface area (Å²) >= 11 is 0. The molecule has 0 spiro atoms. The van der Waals surface area contributed by atoms with Gasteiger partial charge in [0.05, 0.1) is 17.6 Å². The average Bonchev–Trinajstić information content (AvgIpc) is 2.38. The van der Waals surface area contributed by atoms with E-state index in [2.05, 4.69) is 15.3 Å². The zero-order valence-corrected chi connectivity index (χ0v) is 11.4. The van der Waals surface area contributed by atoms with Crippen LogP contribution in [0.25, 0.3) is 0 Å². The molecule has 2 aromatic heterocycles. The third kappa shape index (κ3) is 3.09. The van der Waals surface area contributed by atoms with Crippen LogP contribution in [0.1, 0.15) is 10.5 Å². The van der Waals surface area contributed by atoms with Gasteiger partial charge in [-0.1, -0.05) is 0 Å². The van der Waals surface area contributed by atoms with E-state index >= 15 is 0 Å². The Morgan fingerprint density at radius 2 is 2.00 bits per heavy atom. The van der Waals surface area contributed by atoms with Crippen LogP contribution in [-0.4, -0.2) is 30.5 Å². The number of carbonyl (C=O) groups is 1. The molecule has 104 valence electrons. The van der Waals surface area contributed by atoms with Gasteiger partial charge in [-0.25, -0.2) is 18.4 Å². The summed E-state index contributed by atoms with van der Waals surface area (Å²) in [4.78, 5) is 19.6. The highest BCUT2D eigenvalue weighted by atomic mass is 32.2. The summed E-state index contributed by atoms with van der Waals surface area (Å²) in [5, 5.41) is 2.48. The smallest absolute Gasteiger partial charge is 0.276 e. The van der Waals surface area contributed by atoms with Crippen molar-refractivity contribution in [3.63, 3.8) is 0 Å². The Bertz CT molecular complexity index is 742. The molecule has 7 nitrogen and oxygen atoms in total. The Balaban J connectivity index is 2.19. The molecule has 0 radical (unpaired) electrons. The third-order valence-electron chi connectivity index (χ3n) is 2.43. The SMILES string of the molecule is CS(=O)(=O)c1ccc(NC(=O)c2ncccc2N)cn1. The number of carbonyl (C=O) groups excluding carboxylic acids is 1. The van der Waals surface area contributed by atoms with Crippen LogP contribution >= 0.6 is 0 Å². The predicted octanol–water partition coefficient (Wildman–Crippen LogP) is 0.715. The maximum atomic E-state index is 11.9. The van der Waals surface area contributed by atoms with E-state index < -0.39 is 15.7 Å².